The molecule has 18 heavy (non-hydrogen) atoms. The first-order valence-corrected chi connectivity index (χ1v) is 6.46. The predicted molar refractivity (Wildman–Crippen MR) is 69.4 cm³/mol. The maximum Gasteiger partial charge on any atom is 0.228 e. The van der Waals surface area contributed by atoms with Gasteiger partial charge in [0, 0.05) is 17.3 Å². The Hall–Kier alpha value is -1.84. The van der Waals surface area contributed by atoms with Crippen molar-refractivity contribution in [1.82, 2.24) is 0 Å². The summed E-state index contributed by atoms with van der Waals surface area (Å²) in [6.07, 6.45) is 4.71. The molecule has 0 unspecified atom stereocenters. The Morgan fingerprint density at radius 3 is 2.83 bits per heavy atom. The highest BCUT2D eigenvalue weighted by Gasteiger charge is 2.23. The number of anilines is 2. The minimum atomic E-state index is 0.0178. The summed E-state index contributed by atoms with van der Waals surface area (Å²) in [6.45, 7) is 0. The fraction of sp³-hybridized carbons (Fsp3) is 0.429. The first-order valence-electron chi connectivity index (χ1n) is 6.46. The lowest BCUT2D eigenvalue weighted by Gasteiger charge is -2.11. The number of benzene rings is 1. The zero-order valence-corrected chi connectivity index (χ0v) is 10.2. The molecule has 0 spiro atoms. The molecule has 0 aromatic heterocycles. The van der Waals surface area contributed by atoms with Gasteiger partial charge in [0.25, 0.3) is 0 Å². The molecule has 3 rings (SSSR count). The van der Waals surface area contributed by atoms with Gasteiger partial charge in [0.05, 0.1) is 6.42 Å². The van der Waals surface area contributed by atoms with Crippen LogP contribution >= 0.6 is 0 Å². The third-order valence-corrected chi connectivity index (χ3v) is 3.72. The number of fused-ring (bicyclic) bond motifs is 1. The van der Waals surface area contributed by atoms with Crippen molar-refractivity contribution in [3.63, 3.8) is 0 Å². The Morgan fingerprint density at radius 1 is 1.28 bits per heavy atom. The summed E-state index contributed by atoms with van der Waals surface area (Å²) in [5.74, 6) is 0.298. The van der Waals surface area contributed by atoms with Gasteiger partial charge in [0.1, 0.15) is 0 Å². The summed E-state index contributed by atoms with van der Waals surface area (Å²) in [5.41, 5.74) is 2.62. The second-order valence-corrected chi connectivity index (χ2v) is 5.07. The van der Waals surface area contributed by atoms with Crippen molar-refractivity contribution in [3.05, 3.63) is 23.8 Å². The van der Waals surface area contributed by atoms with Crippen LogP contribution in [0.15, 0.2) is 18.2 Å². The first kappa shape index (κ1) is 11.3. The second-order valence-electron chi connectivity index (χ2n) is 5.07. The normalized spacial score (nSPS) is 18.6. The van der Waals surface area contributed by atoms with Crippen molar-refractivity contribution in [3.8, 4) is 0 Å². The smallest absolute Gasteiger partial charge is 0.228 e. The van der Waals surface area contributed by atoms with Gasteiger partial charge in [-0.2, -0.15) is 0 Å². The summed E-state index contributed by atoms with van der Waals surface area (Å²) < 4.78 is 0. The monoisotopic (exact) mass is 244 g/mol. The Morgan fingerprint density at radius 2 is 2.06 bits per heavy atom. The third kappa shape index (κ3) is 2.10. The Labute approximate surface area is 106 Å². The quantitative estimate of drug-likeness (QED) is 0.838. The van der Waals surface area contributed by atoms with Crippen LogP contribution in [0.4, 0.5) is 11.4 Å². The van der Waals surface area contributed by atoms with Crippen molar-refractivity contribution in [1.29, 1.82) is 0 Å². The molecule has 0 saturated heterocycles. The number of hydrogen-bond donors (Lipinski definition) is 2. The zero-order chi connectivity index (χ0) is 12.5. The fourth-order valence-corrected chi connectivity index (χ4v) is 2.74. The topological polar surface area (TPSA) is 58.2 Å². The average Bonchev–Trinajstić information content (AvgIpc) is 2.95. The van der Waals surface area contributed by atoms with E-state index in [0.717, 1.165) is 42.6 Å². The van der Waals surface area contributed by atoms with E-state index < -0.39 is 0 Å². The molecule has 4 heteroatoms. The molecule has 2 amide bonds. The first-order chi connectivity index (χ1) is 8.72. The molecule has 2 N–H and O–H groups in total. The van der Waals surface area contributed by atoms with Crippen LogP contribution in [0.1, 0.15) is 31.2 Å². The van der Waals surface area contributed by atoms with Crippen LogP contribution in [-0.4, -0.2) is 11.8 Å². The van der Waals surface area contributed by atoms with Gasteiger partial charge in [-0.05, 0) is 36.6 Å². The highest BCUT2D eigenvalue weighted by atomic mass is 16.2. The van der Waals surface area contributed by atoms with E-state index in [1.54, 1.807) is 0 Å². The van der Waals surface area contributed by atoms with E-state index in [-0.39, 0.29) is 17.7 Å². The lowest BCUT2D eigenvalue weighted by atomic mass is 10.1. The molecule has 94 valence electrons. The van der Waals surface area contributed by atoms with Crippen molar-refractivity contribution < 1.29 is 9.59 Å². The van der Waals surface area contributed by atoms with Crippen LogP contribution in [0.5, 0.6) is 0 Å². The van der Waals surface area contributed by atoms with Gasteiger partial charge in [0.15, 0.2) is 0 Å². The summed E-state index contributed by atoms with van der Waals surface area (Å²) in [6, 6.07) is 5.59. The number of carbonyl (C=O) groups excluding carboxylic acids is 2. The number of amides is 2. The van der Waals surface area contributed by atoms with Crippen LogP contribution in [0.25, 0.3) is 0 Å². The van der Waals surface area contributed by atoms with E-state index in [0.29, 0.717) is 6.42 Å². The number of carbonyl (C=O) groups is 2. The molecule has 4 nitrogen and oxygen atoms in total. The molecule has 0 radical (unpaired) electrons. The van der Waals surface area contributed by atoms with Gasteiger partial charge in [-0.1, -0.05) is 12.8 Å². The number of rotatable bonds is 2. The van der Waals surface area contributed by atoms with E-state index in [2.05, 4.69) is 10.6 Å². The fourth-order valence-electron chi connectivity index (χ4n) is 2.74. The van der Waals surface area contributed by atoms with Crippen molar-refractivity contribution in [2.24, 2.45) is 5.92 Å². The maximum atomic E-state index is 12.0. The average molecular weight is 244 g/mol. The van der Waals surface area contributed by atoms with E-state index >= 15 is 0 Å². The van der Waals surface area contributed by atoms with Crippen LogP contribution in [0, 0.1) is 5.92 Å². The van der Waals surface area contributed by atoms with E-state index in [4.69, 9.17) is 0 Å². The Kier molecular flexibility index (Phi) is 2.78. The molecule has 1 aliphatic heterocycles. The molecule has 1 aromatic carbocycles. The molecule has 1 saturated carbocycles. The predicted octanol–water partition coefficient (Wildman–Crippen LogP) is 2.31. The molecule has 1 fully saturated rings. The van der Waals surface area contributed by atoms with Crippen LogP contribution in [0.3, 0.4) is 0 Å². The summed E-state index contributed by atoms with van der Waals surface area (Å²) >= 11 is 0. The summed E-state index contributed by atoms with van der Waals surface area (Å²) in [4.78, 5) is 23.2. The molecule has 1 aliphatic carbocycles. The molecule has 1 heterocycles. The summed E-state index contributed by atoms with van der Waals surface area (Å²) in [5, 5.41) is 5.73. The van der Waals surface area contributed by atoms with E-state index in [1.807, 2.05) is 18.2 Å². The standard InChI is InChI=1S/C14H16N2O2/c17-13-8-10-7-11(5-6-12(10)16-13)15-14(18)9-3-1-2-4-9/h5-7,9H,1-4,8H2,(H,15,18)(H,16,17). The largest absolute Gasteiger partial charge is 0.326 e. The highest BCUT2D eigenvalue weighted by molar-refractivity contribution is 6.00. The minimum absolute atomic E-state index is 0.0178. The van der Waals surface area contributed by atoms with Crippen LogP contribution in [-0.2, 0) is 16.0 Å². The lowest BCUT2D eigenvalue weighted by molar-refractivity contribution is -0.119. The van der Waals surface area contributed by atoms with Crippen molar-refractivity contribution in [2.75, 3.05) is 10.6 Å². The van der Waals surface area contributed by atoms with E-state index in [9.17, 15) is 9.59 Å². The molecule has 2 aliphatic rings. The SMILES string of the molecule is O=C1Cc2cc(NC(=O)C3CCCC3)ccc2N1. The molecular weight excluding hydrogens is 228 g/mol. The maximum absolute atomic E-state index is 12.0. The highest BCUT2D eigenvalue weighted by Crippen LogP contribution is 2.28. The second kappa shape index (κ2) is 4.44. The summed E-state index contributed by atoms with van der Waals surface area (Å²) in [7, 11) is 0. The third-order valence-electron chi connectivity index (χ3n) is 3.72. The number of nitrogens with one attached hydrogen (secondary N) is 2. The van der Waals surface area contributed by atoms with Crippen LogP contribution < -0.4 is 10.6 Å². The van der Waals surface area contributed by atoms with Gasteiger partial charge >= 0.3 is 0 Å². The van der Waals surface area contributed by atoms with Gasteiger partial charge in [-0.25, -0.2) is 0 Å². The van der Waals surface area contributed by atoms with E-state index in [1.165, 1.54) is 0 Å². The Balaban J connectivity index is 1.72. The minimum Gasteiger partial charge on any atom is -0.326 e. The van der Waals surface area contributed by atoms with Crippen molar-refractivity contribution in [2.45, 2.75) is 32.1 Å². The van der Waals surface area contributed by atoms with Gasteiger partial charge in [0.2, 0.25) is 11.8 Å². The zero-order valence-electron chi connectivity index (χ0n) is 10.2. The van der Waals surface area contributed by atoms with Gasteiger partial charge in [-0.3, -0.25) is 9.59 Å². The molecule has 0 atom stereocenters. The molecule has 1 aromatic rings. The van der Waals surface area contributed by atoms with Crippen molar-refractivity contribution >= 4 is 23.2 Å². The Bertz CT molecular complexity index is 505. The van der Waals surface area contributed by atoms with Crippen LogP contribution in [0.2, 0.25) is 0 Å². The molecule has 0 bridgehead atoms. The number of hydrogen-bond acceptors (Lipinski definition) is 2. The molecular formula is C14H16N2O2. The van der Waals surface area contributed by atoms with Gasteiger partial charge in [-0.15, -0.1) is 0 Å². The van der Waals surface area contributed by atoms with Gasteiger partial charge < -0.3 is 10.6 Å². The lowest BCUT2D eigenvalue weighted by Crippen LogP contribution is -2.20.